The molecule has 1 aromatic carbocycles. The Hall–Kier alpha value is -0.0500. The van der Waals surface area contributed by atoms with Gasteiger partial charge in [0.15, 0.2) is 0 Å². The van der Waals surface area contributed by atoms with E-state index in [-0.39, 0.29) is 0 Å². The molecule has 0 spiro atoms. The van der Waals surface area contributed by atoms with Crippen LogP contribution in [0.25, 0.3) is 0 Å². The van der Waals surface area contributed by atoms with Crippen LogP contribution in [-0.2, 0) is 6.42 Å². The number of halogens is 2. The fraction of sp³-hybridized carbons (Fsp3) is 0.647. The first kappa shape index (κ1) is 16.3. The van der Waals surface area contributed by atoms with E-state index in [2.05, 4.69) is 54.3 Å². The Morgan fingerprint density at radius 1 is 1.35 bits per heavy atom. The summed E-state index contributed by atoms with van der Waals surface area (Å²) in [5, 5.41) is 4.39. The van der Waals surface area contributed by atoms with E-state index in [0.717, 1.165) is 21.8 Å². The topological polar surface area (TPSA) is 12.0 Å². The SMILES string of the molecule is CNC(Cc1ccc(Br)cc1Cl)C1CCC(C)(C)CC1. The first-order chi connectivity index (χ1) is 9.41. The van der Waals surface area contributed by atoms with Crippen molar-refractivity contribution in [3.63, 3.8) is 0 Å². The number of hydrogen-bond donors (Lipinski definition) is 1. The maximum absolute atomic E-state index is 6.36. The normalized spacial score (nSPS) is 20.9. The van der Waals surface area contributed by atoms with E-state index in [1.165, 1.54) is 31.2 Å². The molecule has 20 heavy (non-hydrogen) atoms. The number of nitrogens with one attached hydrogen (secondary N) is 1. The van der Waals surface area contributed by atoms with Crippen LogP contribution in [0.4, 0.5) is 0 Å². The van der Waals surface area contributed by atoms with Gasteiger partial charge in [-0.25, -0.2) is 0 Å². The van der Waals surface area contributed by atoms with Crippen LogP contribution in [-0.4, -0.2) is 13.1 Å². The fourth-order valence-electron chi connectivity index (χ4n) is 3.25. The van der Waals surface area contributed by atoms with Gasteiger partial charge in [-0.05, 0) is 68.2 Å². The molecule has 0 saturated heterocycles. The van der Waals surface area contributed by atoms with Crippen molar-refractivity contribution in [2.24, 2.45) is 11.3 Å². The molecule has 0 amide bonds. The molecule has 2 rings (SSSR count). The molecule has 0 aromatic heterocycles. The molecule has 1 fully saturated rings. The van der Waals surface area contributed by atoms with Gasteiger partial charge in [0.1, 0.15) is 0 Å². The van der Waals surface area contributed by atoms with Crippen LogP contribution in [0, 0.1) is 11.3 Å². The van der Waals surface area contributed by atoms with Gasteiger partial charge >= 0.3 is 0 Å². The van der Waals surface area contributed by atoms with Crippen molar-refractivity contribution < 1.29 is 0 Å². The predicted molar refractivity (Wildman–Crippen MR) is 91.4 cm³/mol. The van der Waals surface area contributed by atoms with Gasteiger partial charge in [0, 0.05) is 15.5 Å². The van der Waals surface area contributed by atoms with Gasteiger partial charge in [0.05, 0.1) is 0 Å². The second kappa shape index (κ2) is 6.81. The third-order valence-electron chi connectivity index (χ3n) is 4.78. The summed E-state index contributed by atoms with van der Waals surface area (Å²) in [4.78, 5) is 0. The van der Waals surface area contributed by atoms with Crippen molar-refractivity contribution in [3.05, 3.63) is 33.3 Å². The fourth-order valence-corrected chi connectivity index (χ4v) is 4.00. The molecule has 0 radical (unpaired) electrons. The maximum Gasteiger partial charge on any atom is 0.0449 e. The summed E-state index contributed by atoms with van der Waals surface area (Å²) in [6.07, 6.45) is 6.35. The van der Waals surface area contributed by atoms with E-state index >= 15 is 0 Å². The van der Waals surface area contributed by atoms with Crippen LogP contribution >= 0.6 is 27.5 Å². The molecule has 0 heterocycles. The lowest BCUT2D eigenvalue weighted by Crippen LogP contribution is -2.38. The summed E-state index contributed by atoms with van der Waals surface area (Å²) in [6, 6.07) is 6.75. The largest absolute Gasteiger partial charge is 0.316 e. The van der Waals surface area contributed by atoms with Crippen molar-refractivity contribution in [1.29, 1.82) is 0 Å². The predicted octanol–water partition coefficient (Wildman–Crippen LogP) is 5.45. The van der Waals surface area contributed by atoms with Crippen molar-refractivity contribution >= 4 is 27.5 Å². The van der Waals surface area contributed by atoms with E-state index in [0.29, 0.717) is 11.5 Å². The second-order valence-electron chi connectivity index (χ2n) is 6.84. The van der Waals surface area contributed by atoms with Crippen molar-refractivity contribution in [1.82, 2.24) is 5.32 Å². The summed E-state index contributed by atoms with van der Waals surface area (Å²) < 4.78 is 1.05. The van der Waals surface area contributed by atoms with Gasteiger partial charge in [0.25, 0.3) is 0 Å². The lowest BCUT2D eigenvalue weighted by atomic mass is 9.70. The summed E-state index contributed by atoms with van der Waals surface area (Å²) in [5.41, 5.74) is 1.78. The summed E-state index contributed by atoms with van der Waals surface area (Å²) >= 11 is 9.83. The zero-order valence-electron chi connectivity index (χ0n) is 12.7. The van der Waals surface area contributed by atoms with Crippen LogP contribution in [0.1, 0.15) is 45.1 Å². The lowest BCUT2D eigenvalue weighted by Gasteiger charge is -2.38. The van der Waals surface area contributed by atoms with Crippen molar-refractivity contribution in [2.45, 2.75) is 52.0 Å². The highest BCUT2D eigenvalue weighted by Crippen LogP contribution is 2.40. The Morgan fingerprint density at radius 3 is 2.55 bits per heavy atom. The molecule has 0 bridgehead atoms. The number of likely N-dealkylation sites (N-methyl/N-ethyl adjacent to an activating group) is 1. The molecule has 1 aliphatic rings. The van der Waals surface area contributed by atoms with Gasteiger partial charge in [-0.15, -0.1) is 0 Å². The van der Waals surface area contributed by atoms with Crippen molar-refractivity contribution in [2.75, 3.05) is 7.05 Å². The minimum absolute atomic E-state index is 0.532. The molecule has 1 aliphatic carbocycles. The summed E-state index contributed by atoms with van der Waals surface area (Å²) in [5.74, 6) is 0.771. The Balaban J connectivity index is 2.02. The number of hydrogen-bond acceptors (Lipinski definition) is 1. The Morgan fingerprint density at radius 2 is 2.00 bits per heavy atom. The molecule has 112 valence electrons. The molecule has 1 nitrogen and oxygen atoms in total. The van der Waals surface area contributed by atoms with E-state index in [4.69, 9.17) is 11.6 Å². The van der Waals surface area contributed by atoms with E-state index < -0.39 is 0 Å². The third kappa shape index (κ3) is 4.22. The Bertz CT molecular complexity index is 448. The lowest BCUT2D eigenvalue weighted by molar-refractivity contribution is 0.163. The van der Waals surface area contributed by atoms with Crippen LogP contribution in [0.15, 0.2) is 22.7 Å². The molecule has 1 unspecified atom stereocenters. The minimum atomic E-state index is 0.532. The van der Waals surface area contributed by atoms with Crippen molar-refractivity contribution in [3.8, 4) is 0 Å². The van der Waals surface area contributed by atoms with Gasteiger partial charge in [-0.2, -0.15) is 0 Å². The average Bonchev–Trinajstić information content (AvgIpc) is 2.39. The number of rotatable bonds is 4. The van der Waals surface area contributed by atoms with Gasteiger partial charge in [0.2, 0.25) is 0 Å². The first-order valence-electron chi connectivity index (χ1n) is 7.52. The molecular formula is C17H25BrClN. The van der Waals surface area contributed by atoms with Crippen LogP contribution in [0.3, 0.4) is 0 Å². The zero-order valence-corrected chi connectivity index (χ0v) is 15.0. The van der Waals surface area contributed by atoms with E-state index in [1.54, 1.807) is 0 Å². The first-order valence-corrected chi connectivity index (χ1v) is 8.69. The summed E-state index contributed by atoms with van der Waals surface area (Å²) in [6.45, 7) is 4.78. The van der Waals surface area contributed by atoms with E-state index in [9.17, 15) is 0 Å². The van der Waals surface area contributed by atoms with Crippen LogP contribution in [0.5, 0.6) is 0 Å². The summed E-state index contributed by atoms with van der Waals surface area (Å²) in [7, 11) is 2.08. The monoisotopic (exact) mass is 357 g/mol. The molecule has 3 heteroatoms. The minimum Gasteiger partial charge on any atom is -0.316 e. The highest BCUT2D eigenvalue weighted by atomic mass is 79.9. The van der Waals surface area contributed by atoms with Gasteiger partial charge < -0.3 is 5.32 Å². The molecule has 1 saturated carbocycles. The van der Waals surface area contributed by atoms with Crippen LogP contribution in [0.2, 0.25) is 5.02 Å². The van der Waals surface area contributed by atoms with Crippen LogP contribution < -0.4 is 5.32 Å². The highest BCUT2D eigenvalue weighted by Gasteiger charge is 2.30. The third-order valence-corrected chi connectivity index (χ3v) is 5.62. The average molecular weight is 359 g/mol. The quantitative estimate of drug-likeness (QED) is 0.754. The Labute approximate surface area is 136 Å². The number of benzene rings is 1. The zero-order chi connectivity index (χ0) is 14.8. The smallest absolute Gasteiger partial charge is 0.0449 e. The molecule has 0 aliphatic heterocycles. The molecule has 1 N–H and O–H groups in total. The Kier molecular flexibility index (Phi) is 5.56. The molecule has 1 atom stereocenters. The second-order valence-corrected chi connectivity index (χ2v) is 8.16. The van der Waals surface area contributed by atoms with E-state index in [1.807, 2.05) is 6.07 Å². The van der Waals surface area contributed by atoms with Gasteiger partial charge in [-0.3, -0.25) is 0 Å². The molecular weight excluding hydrogens is 334 g/mol. The molecule has 1 aromatic rings. The standard InChI is InChI=1S/C17H25BrClN/c1-17(2)8-6-12(7-9-17)16(20-3)10-13-4-5-14(18)11-15(13)19/h4-5,11-12,16,20H,6-10H2,1-3H3. The maximum atomic E-state index is 6.36. The van der Waals surface area contributed by atoms with Gasteiger partial charge in [-0.1, -0.05) is 47.4 Å². The highest BCUT2D eigenvalue weighted by molar-refractivity contribution is 9.10.